The van der Waals surface area contributed by atoms with Gasteiger partial charge in [-0.3, -0.25) is 0 Å². The van der Waals surface area contributed by atoms with Crippen LogP contribution in [0.15, 0.2) is 121 Å². The maximum atomic E-state index is 14.2. The summed E-state index contributed by atoms with van der Waals surface area (Å²) in [6.07, 6.45) is 0.708. The molecule has 0 saturated carbocycles. The highest BCUT2D eigenvalue weighted by molar-refractivity contribution is 5.58. The minimum absolute atomic E-state index is 0.00193. The fourth-order valence-corrected chi connectivity index (χ4v) is 5.58. The lowest BCUT2D eigenvalue weighted by molar-refractivity contribution is -0.180. The molecule has 11 heteroatoms. The van der Waals surface area contributed by atoms with Crippen LogP contribution in [-0.4, -0.2) is 51.6 Å². The Kier molecular flexibility index (Phi) is 10.9. The molecule has 1 saturated heterocycles. The number of hydrogen-bond donors (Lipinski definition) is 1. The van der Waals surface area contributed by atoms with Crippen molar-refractivity contribution in [2.45, 2.75) is 44.2 Å². The van der Waals surface area contributed by atoms with Crippen LogP contribution in [0.4, 0.5) is 13.2 Å². The topological polar surface area (TPSA) is 87.9 Å². The van der Waals surface area contributed by atoms with Gasteiger partial charge in [-0.05, 0) is 34.9 Å². The van der Waals surface area contributed by atoms with E-state index in [-0.39, 0.29) is 37.7 Å². The Morgan fingerprint density at radius 2 is 1.33 bits per heavy atom. The molecular weight excluding hydrogens is 623 g/mol. The molecule has 0 radical (unpaired) electrons. The summed E-state index contributed by atoms with van der Waals surface area (Å²) in [5.74, 6) is -3.93. The van der Waals surface area contributed by atoms with E-state index in [1.165, 1.54) is 17.0 Å². The van der Waals surface area contributed by atoms with Gasteiger partial charge in [0.15, 0.2) is 17.5 Å². The van der Waals surface area contributed by atoms with Crippen molar-refractivity contribution in [2.75, 3.05) is 13.2 Å². The Balaban J connectivity index is 1.38. The van der Waals surface area contributed by atoms with E-state index in [0.717, 1.165) is 28.8 Å². The van der Waals surface area contributed by atoms with Crippen LogP contribution >= 0.6 is 0 Å². The first-order valence-corrected chi connectivity index (χ1v) is 15.5. The van der Waals surface area contributed by atoms with E-state index in [1.54, 1.807) is 0 Å². The number of aromatic nitrogens is 3. The number of halogens is 3. The van der Waals surface area contributed by atoms with Crippen LogP contribution in [0, 0.1) is 17.5 Å². The first-order valence-electron chi connectivity index (χ1n) is 15.5. The first-order chi connectivity index (χ1) is 23.5. The zero-order valence-electron chi connectivity index (χ0n) is 25.9. The summed E-state index contributed by atoms with van der Waals surface area (Å²) >= 11 is 0. The summed E-state index contributed by atoms with van der Waals surface area (Å²) in [6, 6.07) is 29.8. The number of aliphatic hydroxyl groups excluding tert-OH is 1. The molecule has 8 nitrogen and oxygen atoms in total. The molecule has 1 aromatic heterocycles. The summed E-state index contributed by atoms with van der Waals surface area (Å²) < 4.78 is 69.3. The lowest BCUT2D eigenvalue weighted by Crippen LogP contribution is -2.52. The van der Waals surface area contributed by atoms with Gasteiger partial charge < -0.3 is 24.1 Å². The lowest BCUT2D eigenvalue weighted by Gasteiger charge is -2.43. The lowest BCUT2D eigenvalue weighted by atomic mass is 9.94. The molecular formula is C37H34F3N3O5. The molecule has 248 valence electrons. The third-order valence-corrected chi connectivity index (χ3v) is 7.92. The molecule has 0 amide bonds. The molecule has 4 aromatic carbocycles. The van der Waals surface area contributed by atoms with Crippen molar-refractivity contribution in [1.29, 1.82) is 0 Å². The molecule has 0 bridgehead atoms. The van der Waals surface area contributed by atoms with Crippen molar-refractivity contribution in [2.24, 2.45) is 0 Å². The molecule has 1 fully saturated rings. The van der Waals surface area contributed by atoms with Crippen molar-refractivity contribution in [3.8, 4) is 11.3 Å². The maximum absolute atomic E-state index is 14.2. The second-order valence-electron chi connectivity index (χ2n) is 11.3. The third-order valence-electron chi connectivity index (χ3n) is 7.92. The second kappa shape index (κ2) is 15.9. The Hall–Kier alpha value is -4.81. The van der Waals surface area contributed by atoms with Crippen LogP contribution in [0.5, 0.6) is 0 Å². The maximum Gasteiger partial charge on any atom is 0.194 e. The van der Waals surface area contributed by atoms with Gasteiger partial charge in [0, 0.05) is 5.56 Å². The molecule has 1 aliphatic rings. The van der Waals surface area contributed by atoms with Crippen molar-refractivity contribution >= 4 is 0 Å². The molecule has 2 heterocycles. The Bertz CT molecular complexity index is 1770. The van der Waals surface area contributed by atoms with Crippen LogP contribution < -0.4 is 0 Å². The average Bonchev–Trinajstić information content (AvgIpc) is 3.61. The number of rotatable bonds is 13. The predicted molar refractivity (Wildman–Crippen MR) is 171 cm³/mol. The summed E-state index contributed by atoms with van der Waals surface area (Å²) in [5, 5.41) is 18.6. The zero-order chi connectivity index (χ0) is 33.3. The SMILES string of the molecule is OCC=C1O[C@H](COCc2ccccc2)[C@H](OCc2ccccc2)[C@H](n2cc(-c3cc(F)c(F)c(F)c3)nn2)[C@H]1OCc1ccccc1. The van der Waals surface area contributed by atoms with Gasteiger partial charge in [0.2, 0.25) is 0 Å². The van der Waals surface area contributed by atoms with Crippen LogP contribution in [-0.2, 0) is 38.8 Å². The van der Waals surface area contributed by atoms with Gasteiger partial charge in [-0.25, -0.2) is 17.9 Å². The van der Waals surface area contributed by atoms with E-state index in [4.69, 9.17) is 18.9 Å². The van der Waals surface area contributed by atoms with Gasteiger partial charge >= 0.3 is 0 Å². The quantitative estimate of drug-likeness (QED) is 0.144. The number of benzene rings is 4. The summed E-state index contributed by atoms with van der Waals surface area (Å²) in [4.78, 5) is 0. The van der Waals surface area contributed by atoms with E-state index in [1.807, 2.05) is 91.0 Å². The van der Waals surface area contributed by atoms with Gasteiger partial charge in [0.25, 0.3) is 0 Å². The molecule has 1 aliphatic heterocycles. The van der Waals surface area contributed by atoms with E-state index in [2.05, 4.69) is 10.3 Å². The van der Waals surface area contributed by atoms with Crippen LogP contribution in [0.25, 0.3) is 11.3 Å². The van der Waals surface area contributed by atoms with Crippen LogP contribution in [0.2, 0.25) is 0 Å². The minimum Gasteiger partial charge on any atom is -0.487 e. The van der Waals surface area contributed by atoms with E-state index >= 15 is 0 Å². The number of aliphatic hydroxyl groups is 1. The van der Waals surface area contributed by atoms with Crippen molar-refractivity contribution in [3.05, 3.63) is 155 Å². The third kappa shape index (κ3) is 8.00. The smallest absolute Gasteiger partial charge is 0.194 e. The van der Waals surface area contributed by atoms with E-state index < -0.39 is 41.8 Å². The Morgan fingerprint density at radius 1 is 0.771 bits per heavy atom. The number of nitrogens with zero attached hydrogens (tertiary/aromatic N) is 3. The number of hydrogen-bond acceptors (Lipinski definition) is 7. The minimum atomic E-state index is -1.57. The zero-order valence-corrected chi connectivity index (χ0v) is 25.9. The molecule has 0 spiro atoms. The predicted octanol–water partition coefficient (Wildman–Crippen LogP) is 6.57. The Morgan fingerprint density at radius 3 is 1.92 bits per heavy atom. The van der Waals surface area contributed by atoms with Gasteiger partial charge in [-0.2, -0.15) is 0 Å². The molecule has 4 atom stereocenters. The van der Waals surface area contributed by atoms with Gasteiger partial charge in [0.1, 0.15) is 35.8 Å². The van der Waals surface area contributed by atoms with E-state index in [9.17, 15) is 18.3 Å². The second-order valence-corrected chi connectivity index (χ2v) is 11.3. The largest absolute Gasteiger partial charge is 0.487 e. The molecule has 0 aliphatic carbocycles. The summed E-state index contributed by atoms with van der Waals surface area (Å²) in [6.45, 7) is 0.483. The Labute approximate surface area is 276 Å². The van der Waals surface area contributed by atoms with Gasteiger partial charge in [-0.1, -0.05) is 96.2 Å². The van der Waals surface area contributed by atoms with Gasteiger partial charge in [0.05, 0.1) is 39.2 Å². The van der Waals surface area contributed by atoms with Crippen LogP contribution in [0.3, 0.4) is 0 Å². The number of ether oxygens (including phenoxy) is 4. The molecule has 0 unspecified atom stereocenters. The normalized spacial score (nSPS) is 20.1. The summed E-state index contributed by atoms with van der Waals surface area (Å²) in [7, 11) is 0. The highest BCUT2D eigenvalue weighted by Crippen LogP contribution is 2.38. The average molecular weight is 658 g/mol. The standard InChI is InChI=1S/C37H34F3N3O5/c38-29-18-28(19-30(39)34(29)40)31-20-43(42-41-31)35-36(46-22-26-12-6-2-7-13-26)32(16-17-44)48-33(24-45-21-25-10-4-1-5-11-25)37(35)47-23-27-14-8-3-9-15-27/h1-16,18-20,33,35-37,44H,17,21-24H2/t33-,35-,36+,37+/m1/s1. The molecule has 1 N–H and O–H groups in total. The van der Waals surface area contributed by atoms with Crippen LogP contribution in [0.1, 0.15) is 22.7 Å². The monoisotopic (exact) mass is 657 g/mol. The summed E-state index contributed by atoms with van der Waals surface area (Å²) in [5.41, 5.74) is 2.89. The first kappa shape index (κ1) is 33.1. The van der Waals surface area contributed by atoms with Crippen molar-refractivity contribution in [3.63, 3.8) is 0 Å². The fraction of sp³-hybridized carbons (Fsp3) is 0.243. The molecule has 6 rings (SSSR count). The van der Waals surface area contributed by atoms with Gasteiger partial charge in [-0.15, -0.1) is 5.10 Å². The highest BCUT2D eigenvalue weighted by Gasteiger charge is 2.47. The highest BCUT2D eigenvalue weighted by atomic mass is 19.2. The molecule has 5 aromatic rings. The molecule has 48 heavy (non-hydrogen) atoms. The van der Waals surface area contributed by atoms with E-state index in [0.29, 0.717) is 12.4 Å². The van der Waals surface area contributed by atoms with Crippen molar-refractivity contribution < 1.29 is 37.2 Å². The van der Waals surface area contributed by atoms with Crippen molar-refractivity contribution in [1.82, 2.24) is 15.0 Å². The fourth-order valence-electron chi connectivity index (χ4n) is 5.58.